The Kier molecular flexibility index (Phi) is 3.79. The minimum absolute atomic E-state index is 0.0177. The molecule has 0 aliphatic heterocycles. The van der Waals surface area contributed by atoms with Gasteiger partial charge < -0.3 is 10.1 Å². The largest absolute Gasteiger partial charge is 0.488 e. The van der Waals surface area contributed by atoms with Crippen molar-refractivity contribution in [2.75, 3.05) is 0 Å². The summed E-state index contributed by atoms with van der Waals surface area (Å²) in [5.74, 6) is 1.64. The zero-order valence-electron chi connectivity index (χ0n) is 12.7. The molecular weight excluding hydrogens is 401 g/mol. The Morgan fingerprint density at radius 2 is 1.91 bits per heavy atom. The number of nitrogens with one attached hydrogen (secondary N) is 1. The smallest absolute Gasteiger partial charge is 0.251 e. The second-order valence-corrected chi connectivity index (χ2v) is 7.79. The van der Waals surface area contributed by atoms with E-state index >= 15 is 0 Å². The number of ether oxygens (including phenoxy) is 1. The quantitative estimate of drug-likeness (QED) is 0.740. The van der Waals surface area contributed by atoms with E-state index in [0.29, 0.717) is 12.2 Å². The van der Waals surface area contributed by atoms with Crippen molar-refractivity contribution in [3.63, 3.8) is 0 Å². The number of amides is 1. The average molecular weight is 419 g/mol. The van der Waals surface area contributed by atoms with Crippen molar-refractivity contribution in [3.05, 3.63) is 63.2 Å². The molecule has 5 rings (SSSR count). The van der Waals surface area contributed by atoms with Gasteiger partial charge in [-0.1, -0.05) is 30.3 Å². The van der Waals surface area contributed by atoms with Crippen LogP contribution >= 0.6 is 22.6 Å². The van der Waals surface area contributed by atoms with Gasteiger partial charge >= 0.3 is 0 Å². The summed E-state index contributed by atoms with van der Waals surface area (Å²) in [4.78, 5) is 12.4. The Bertz CT molecular complexity index is 727. The number of hydrogen-bond acceptors (Lipinski definition) is 2. The van der Waals surface area contributed by atoms with Gasteiger partial charge in [-0.2, -0.15) is 0 Å². The Morgan fingerprint density at radius 1 is 1.17 bits per heavy atom. The monoisotopic (exact) mass is 419 g/mol. The van der Waals surface area contributed by atoms with Gasteiger partial charge in [-0.3, -0.25) is 4.79 Å². The first-order valence-corrected chi connectivity index (χ1v) is 9.00. The van der Waals surface area contributed by atoms with Crippen LogP contribution in [-0.4, -0.2) is 11.4 Å². The molecule has 0 aromatic heterocycles. The van der Waals surface area contributed by atoms with E-state index in [2.05, 4.69) is 27.9 Å². The van der Waals surface area contributed by atoms with E-state index < -0.39 is 0 Å². The Hall–Kier alpha value is -1.56. The summed E-state index contributed by atoms with van der Waals surface area (Å²) in [6.45, 7) is 0.507. The normalized spacial score (nSPS) is 24.3. The van der Waals surface area contributed by atoms with Gasteiger partial charge in [0.1, 0.15) is 12.4 Å². The molecule has 3 nitrogen and oxygen atoms in total. The predicted molar refractivity (Wildman–Crippen MR) is 97.5 cm³/mol. The van der Waals surface area contributed by atoms with E-state index in [1.54, 1.807) is 0 Å². The van der Waals surface area contributed by atoms with Crippen LogP contribution in [0, 0.1) is 9.49 Å². The third kappa shape index (κ3) is 2.96. The maximum atomic E-state index is 12.4. The highest BCUT2D eigenvalue weighted by Gasteiger charge is 2.57. The SMILES string of the molecule is O=C(NC12CC(C1)C2)c1ccc(I)c(OCc2ccccc2)c1. The lowest BCUT2D eigenvalue weighted by Gasteiger charge is -2.61. The van der Waals surface area contributed by atoms with E-state index in [-0.39, 0.29) is 11.4 Å². The highest BCUT2D eigenvalue weighted by molar-refractivity contribution is 14.1. The fourth-order valence-corrected chi connectivity index (χ4v) is 3.93. The first kappa shape index (κ1) is 15.0. The van der Waals surface area contributed by atoms with Crippen LogP contribution in [0.4, 0.5) is 0 Å². The van der Waals surface area contributed by atoms with Crippen LogP contribution in [0.15, 0.2) is 48.5 Å². The van der Waals surface area contributed by atoms with Crippen LogP contribution in [0.1, 0.15) is 35.2 Å². The molecule has 3 aliphatic rings. The Balaban J connectivity index is 1.45. The summed E-state index contributed by atoms with van der Waals surface area (Å²) in [5, 5.41) is 3.20. The van der Waals surface area contributed by atoms with Crippen molar-refractivity contribution in [1.29, 1.82) is 0 Å². The van der Waals surface area contributed by atoms with E-state index in [4.69, 9.17) is 4.74 Å². The first-order chi connectivity index (χ1) is 11.1. The minimum Gasteiger partial charge on any atom is -0.488 e. The molecule has 0 saturated heterocycles. The summed E-state index contributed by atoms with van der Waals surface area (Å²) >= 11 is 2.24. The molecule has 1 amide bonds. The molecule has 4 heteroatoms. The molecule has 0 spiro atoms. The predicted octanol–water partition coefficient (Wildman–Crippen LogP) is 4.15. The lowest BCUT2D eigenvalue weighted by atomic mass is 9.50. The van der Waals surface area contributed by atoms with Crippen LogP contribution < -0.4 is 10.1 Å². The van der Waals surface area contributed by atoms with Crippen molar-refractivity contribution in [3.8, 4) is 5.75 Å². The minimum atomic E-state index is 0.0177. The van der Waals surface area contributed by atoms with Gasteiger partial charge in [0, 0.05) is 11.1 Å². The number of halogens is 1. The fourth-order valence-electron chi connectivity index (χ4n) is 3.44. The summed E-state index contributed by atoms with van der Waals surface area (Å²) in [7, 11) is 0. The second-order valence-electron chi connectivity index (χ2n) is 6.63. The zero-order valence-corrected chi connectivity index (χ0v) is 14.9. The van der Waals surface area contributed by atoms with E-state index in [9.17, 15) is 4.79 Å². The standard InChI is InChI=1S/C19H18INO2/c20-16-7-6-15(18(22)21-19-9-14(10-19)11-19)8-17(16)23-12-13-4-2-1-3-5-13/h1-8,14H,9-12H2,(H,21,22). The molecule has 0 atom stereocenters. The maximum Gasteiger partial charge on any atom is 0.251 e. The van der Waals surface area contributed by atoms with E-state index in [1.807, 2.05) is 48.5 Å². The summed E-state index contributed by atoms with van der Waals surface area (Å²) in [6.07, 6.45) is 3.46. The third-order valence-electron chi connectivity index (χ3n) is 4.85. The topological polar surface area (TPSA) is 38.3 Å². The van der Waals surface area contributed by atoms with Gasteiger partial charge in [-0.15, -0.1) is 0 Å². The Morgan fingerprint density at radius 3 is 2.57 bits per heavy atom. The molecule has 0 radical (unpaired) electrons. The second kappa shape index (κ2) is 5.82. The molecule has 2 aromatic rings. The molecule has 3 fully saturated rings. The highest BCUT2D eigenvalue weighted by atomic mass is 127. The van der Waals surface area contributed by atoms with Crippen molar-refractivity contribution in [1.82, 2.24) is 5.32 Å². The number of rotatable bonds is 5. The highest BCUT2D eigenvalue weighted by Crippen LogP contribution is 2.57. The summed E-state index contributed by atoms with van der Waals surface area (Å²) in [6, 6.07) is 15.7. The maximum absolute atomic E-state index is 12.4. The number of benzene rings is 2. The van der Waals surface area contributed by atoms with Gasteiger partial charge in [0.15, 0.2) is 0 Å². The van der Waals surface area contributed by atoms with Crippen LogP contribution in [0.25, 0.3) is 0 Å². The van der Waals surface area contributed by atoms with Crippen LogP contribution in [-0.2, 0) is 6.61 Å². The average Bonchev–Trinajstić information content (AvgIpc) is 2.49. The van der Waals surface area contributed by atoms with Crippen LogP contribution in [0.2, 0.25) is 0 Å². The molecule has 3 aliphatic carbocycles. The van der Waals surface area contributed by atoms with Gasteiger partial charge in [0.25, 0.3) is 5.91 Å². The Labute approximate surface area is 149 Å². The molecule has 118 valence electrons. The number of carbonyl (C=O) groups is 1. The first-order valence-electron chi connectivity index (χ1n) is 7.92. The molecule has 0 heterocycles. The molecule has 2 aromatic carbocycles. The summed E-state index contributed by atoms with van der Waals surface area (Å²) in [5.41, 5.74) is 1.90. The van der Waals surface area contributed by atoms with Gasteiger partial charge in [-0.25, -0.2) is 0 Å². The number of carbonyl (C=O) groups excluding carboxylic acids is 1. The van der Waals surface area contributed by atoms with Crippen molar-refractivity contribution >= 4 is 28.5 Å². The van der Waals surface area contributed by atoms with Crippen molar-refractivity contribution in [2.45, 2.75) is 31.4 Å². The lowest BCUT2D eigenvalue weighted by Crippen LogP contribution is -2.68. The van der Waals surface area contributed by atoms with E-state index in [1.165, 1.54) is 0 Å². The molecule has 3 saturated carbocycles. The molecule has 1 N–H and O–H groups in total. The molecule has 0 unspecified atom stereocenters. The molecular formula is C19H18INO2. The third-order valence-corrected chi connectivity index (χ3v) is 5.74. The van der Waals surface area contributed by atoms with Crippen LogP contribution in [0.5, 0.6) is 5.75 Å². The van der Waals surface area contributed by atoms with Crippen LogP contribution in [0.3, 0.4) is 0 Å². The van der Waals surface area contributed by atoms with Crippen molar-refractivity contribution < 1.29 is 9.53 Å². The molecule has 23 heavy (non-hydrogen) atoms. The van der Waals surface area contributed by atoms with Gasteiger partial charge in [-0.05, 0) is 71.5 Å². The lowest BCUT2D eigenvalue weighted by molar-refractivity contribution is -0.0438. The van der Waals surface area contributed by atoms with Gasteiger partial charge in [0.2, 0.25) is 0 Å². The number of hydrogen-bond donors (Lipinski definition) is 1. The molecule has 2 bridgehead atoms. The van der Waals surface area contributed by atoms with Crippen molar-refractivity contribution in [2.24, 2.45) is 5.92 Å². The zero-order chi connectivity index (χ0) is 15.9. The van der Waals surface area contributed by atoms with Gasteiger partial charge in [0.05, 0.1) is 3.57 Å². The summed E-state index contributed by atoms with van der Waals surface area (Å²) < 4.78 is 6.92. The fraction of sp³-hybridized carbons (Fsp3) is 0.316. The van der Waals surface area contributed by atoms with E-state index in [0.717, 1.165) is 40.1 Å².